The molecular formula is C13H18N2O3. The molecule has 18 heavy (non-hydrogen) atoms. The van der Waals surface area contributed by atoms with Crippen molar-refractivity contribution in [3.63, 3.8) is 0 Å². The Morgan fingerprint density at radius 2 is 2.28 bits per heavy atom. The minimum atomic E-state index is -0.0922. The summed E-state index contributed by atoms with van der Waals surface area (Å²) in [6.45, 7) is 1.14. The number of rotatable bonds is 4. The zero-order valence-electron chi connectivity index (χ0n) is 10.3. The normalized spacial score (nSPS) is 19.2. The zero-order chi connectivity index (χ0) is 13.0. The molecule has 0 saturated carbocycles. The van der Waals surface area contributed by atoms with Crippen molar-refractivity contribution in [3.05, 3.63) is 34.7 Å². The molecule has 0 aliphatic carbocycles. The molecule has 0 spiro atoms. The summed E-state index contributed by atoms with van der Waals surface area (Å²) in [5.74, 6) is 0.0160. The van der Waals surface area contributed by atoms with Gasteiger partial charge < -0.3 is 14.6 Å². The molecule has 0 aromatic carbocycles. The Labute approximate surface area is 106 Å². The number of hydrogen-bond acceptors (Lipinski definition) is 3. The van der Waals surface area contributed by atoms with Crippen molar-refractivity contribution in [3.8, 4) is 0 Å². The van der Waals surface area contributed by atoms with Gasteiger partial charge in [0.25, 0.3) is 5.56 Å². The molecule has 1 aliphatic rings. The molecule has 0 bridgehead atoms. The predicted octanol–water partition coefficient (Wildman–Crippen LogP) is 0.222. The van der Waals surface area contributed by atoms with E-state index in [0.29, 0.717) is 19.5 Å². The Morgan fingerprint density at radius 1 is 1.44 bits per heavy atom. The lowest BCUT2D eigenvalue weighted by atomic mass is 10.2. The van der Waals surface area contributed by atoms with E-state index >= 15 is 0 Å². The van der Waals surface area contributed by atoms with Crippen LogP contribution >= 0.6 is 0 Å². The number of amides is 1. The Bertz CT molecular complexity index is 469. The quantitative estimate of drug-likeness (QED) is 0.831. The largest absolute Gasteiger partial charge is 0.394 e. The zero-order valence-corrected chi connectivity index (χ0v) is 10.3. The van der Waals surface area contributed by atoms with Gasteiger partial charge in [-0.25, -0.2) is 0 Å². The van der Waals surface area contributed by atoms with E-state index in [1.165, 1.54) is 10.6 Å². The van der Waals surface area contributed by atoms with Gasteiger partial charge in [0.15, 0.2) is 0 Å². The van der Waals surface area contributed by atoms with Crippen molar-refractivity contribution >= 4 is 5.91 Å². The van der Waals surface area contributed by atoms with Gasteiger partial charge in [0.2, 0.25) is 5.91 Å². The summed E-state index contributed by atoms with van der Waals surface area (Å²) in [5, 5.41) is 9.17. The van der Waals surface area contributed by atoms with Crippen LogP contribution in [0.5, 0.6) is 0 Å². The molecule has 1 saturated heterocycles. The molecule has 1 atom stereocenters. The van der Waals surface area contributed by atoms with E-state index in [-0.39, 0.29) is 24.1 Å². The molecule has 2 rings (SSSR count). The summed E-state index contributed by atoms with van der Waals surface area (Å²) < 4.78 is 1.53. The van der Waals surface area contributed by atoms with Gasteiger partial charge in [-0.05, 0) is 18.9 Å². The third-order valence-electron chi connectivity index (χ3n) is 3.37. The molecule has 1 aromatic rings. The maximum Gasteiger partial charge on any atom is 0.250 e. The van der Waals surface area contributed by atoms with Gasteiger partial charge in [-0.2, -0.15) is 0 Å². The van der Waals surface area contributed by atoms with Crippen LogP contribution in [0.25, 0.3) is 0 Å². The van der Waals surface area contributed by atoms with E-state index in [2.05, 4.69) is 0 Å². The lowest BCUT2D eigenvalue weighted by Gasteiger charge is -2.23. The highest BCUT2D eigenvalue weighted by Crippen LogP contribution is 2.17. The first kappa shape index (κ1) is 12.8. The Kier molecular flexibility index (Phi) is 4.15. The van der Waals surface area contributed by atoms with Gasteiger partial charge >= 0.3 is 0 Å². The lowest BCUT2D eigenvalue weighted by molar-refractivity contribution is -0.132. The van der Waals surface area contributed by atoms with E-state index < -0.39 is 0 Å². The highest BCUT2D eigenvalue weighted by atomic mass is 16.3. The third-order valence-corrected chi connectivity index (χ3v) is 3.37. The van der Waals surface area contributed by atoms with Crippen molar-refractivity contribution in [1.82, 2.24) is 9.47 Å². The Hall–Kier alpha value is -1.62. The fraction of sp³-hybridized carbons (Fsp3) is 0.538. The molecule has 2 heterocycles. The molecule has 98 valence electrons. The number of aromatic nitrogens is 1. The highest BCUT2D eigenvalue weighted by Gasteiger charge is 2.27. The van der Waals surface area contributed by atoms with Crippen LogP contribution in [0.1, 0.15) is 19.3 Å². The summed E-state index contributed by atoms with van der Waals surface area (Å²) in [4.78, 5) is 25.2. The molecule has 5 heteroatoms. The topological polar surface area (TPSA) is 62.5 Å². The summed E-state index contributed by atoms with van der Waals surface area (Å²) in [6, 6.07) is 4.91. The second kappa shape index (κ2) is 5.82. The fourth-order valence-corrected chi connectivity index (χ4v) is 2.36. The molecule has 1 fully saturated rings. The van der Waals surface area contributed by atoms with Crippen LogP contribution in [0.3, 0.4) is 0 Å². The highest BCUT2D eigenvalue weighted by molar-refractivity contribution is 5.76. The first-order chi connectivity index (χ1) is 8.72. The summed E-state index contributed by atoms with van der Waals surface area (Å²) in [5.41, 5.74) is -0.0922. The van der Waals surface area contributed by atoms with Crippen LogP contribution in [-0.2, 0) is 11.3 Å². The molecular weight excluding hydrogens is 232 g/mol. The van der Waals surface area contributed by atoms with E-state index in [4.69, 9.17) is 5.11 Å². The first-order valence-corrected chi connectivity index (χ1v) is 6.28. The summed E-state index contributed by atoms with van der Waals surface area (Å²) in [7, 11) is 0. The van der Waals surface area contributed by atoms with Crippen LogP contribution in [0, 0.1) is 0 Å². The number of carbonyl (C=O) groups excluding carboxylic acids is 1. The molecule has 1 aliphatic heterocycles. The summed E-state index contributed by atoms with van der Waals surface area (Å²) >= 11 is 0. The number of nitrogens with zero attached hydrogens (tertiary/aromatic N) is 2. The van der Waals surface area contributed by atoms with Gasteiger partial charge in [0.1, 0.15) is 0 Å². The SMILES string of the molecule is O=C(CCn1ccccc1=O)N1CCCC1CO. The van der Waals surface area contributed by atoms with Gasteiger partial charge in [-0.3, -0.25) is 9.59 Å². The summed E-state index contributed by atoms with van der Waals surface area (Å²) in [6.07, 6.45) is 3.80. The van der Waals surface area contributed by atoms with Crippen LogP contribution in [0.15, 0.2) is 29.2 Å². The van der Waals surface area contributed by atoms with Crippen LogP contribution in [0.2, 0.25) is 0 Å². The van der Waals surface area contributed by atoms with Gasteiger partial charge in [-0.15, -0.1) is 0 Å². The van der Waals surface area contributed by atoms with Gasteiger partial charge in [-0.1, -0.05) is 6.07 Å². The average Bonchev–Trinajstić information content (AvgIpc) is 2.86. The average molecular weight is 250 g/mol. The van der Waals surface area contributed by atoms with E-state index in [1.54, 1.807) is 23.2 Å². The number of likely N-dealkylation sites (tertiary alicyclic amines) is 1. The number of aryl methyl sites for hydroxylation is 1. The molecule has 0 radical (unpaired) electrons. The van der Waals surface area contributed by atoms with E-state index in [9.17, 15) is 9.59 Å². The number of pyridine rings is 1. The van der Waals surface area contributed by atoms with Gasteiger partial charge in [0, 0.05) is 31.8 Å². The molecule has 1 unspecified atom stereocenters. The molecule has 1 N–H and O–H groups in total. The standard InChI is InChI=1S/C13H18N2O3/c16-10-11-4-3-8-15(11)13(18)6-9-14-7-2-1-5-12(14)17/h1-2,5,7,11,16H,3-4,6,8-10H2. The van der Waals surface area contributed by atoms with Crippen LogP contribution in [-0.4, -0.2) is 39.7 Å². The molecule has 1 aromatic heterocycles. The van der Waals surface area contributed by atoms with E-state index in [0.717, 1.165) is 12.8 Å². The third kappa shape index (κ3) is 2.79. The maximum absolute atomic E-state index is 12.0. The van der Waals surface area contributed by atoms with Crippen molar-refractivity contribution in [2.75, 3.05) is 13.2 Å². The number of carbonyl (C=O) groups is 1. The lowest BCUT2D eigenvalue weighted by Crippen LogP contribution is -2.38. The smallest absolute Gasteiger partial charge is 0.250 e. The Morgan fingerprint density at radius 3 is 3.00 bits per heavy atom. The minimum absolute atomic E-state index is 0.0160. The van der Waals surface area contributed by atoms with Crippen molar-refractivity contribution in [2.45, 2.75) is 31.8 Å². The maximum atomic E-state index is 12.0. The van der Waals surface area contributed by atoms with Crippen molar-refractivity contribution in [2.24, 2.45) is 0 Å². The Balaban J connectivity index is 1.92. The number of hydrogen-bond donors (Lipinski definition) is 1. The monoisotopic (exact) mass is 250 g/mol. The first-order valence-electron chi connectivity index (χ1n) is 6.28. The minimum Gasteiger partial charge on any atom is -0.394 e. The second-order valence-corrected chi connectivity index (χ2v) is 4.55. The number of aliphatic hydroxyl groups excluding tert-OH is 1. The fourth-order valence-electron chi connectivity index (χ4n) is 2.36. The molecule has 5 nitrogen and oxygen atoms in total. The van der Waals surface area contributed by atoms with Gasteiger partial charge in [0.05, 0.1) is 12.6 Å². The van der Waals surface area contributed by atoms with Crippen LogP contribution in [0.4, 0.5) is 0 Å². The van der Waals surface area contributed by atoms with Crippen molar-refractivity contribution in [1.29, 1.82) is 0 Å². The van der Waals surface area contributed by atoms with Crippen molar-refractivity contribution < 1.29 is 9.90 Å². The predicted molar refractivity (Wildman–Crippen MR) is 67.1 cm³/mol. The van der Waals surface area contributed by atoms with Crippen LogP contribution < -0.4 is 5.56 Å². The van der Waals surface area contributed by atoms with E-state index in [1.807, 2.05) is 0 Å². The number of aliphatic hydroxyl groups is 1. The second-order valence-electron chi connectivity index (χ2n) is 4.55. The molecule has 1 amide bonds.